The van der Waals surface area contributed by atoms with Crippen molar-refractivity contribution in [2.75, 3.05) is 0 Å². The van der Waals surface area contributed by atoms with Crippen molar-refractivity contribution in [2.24, 2.45) is 5.10 Å². The van der Waals surface area contributed by atoms with E-state index in [9.17, 15) is 13.2 Å². The molecule has 4 aromatic rings. The van der Waals surface area contributed by atoms with Crippen LogP contribution in [-0.4, -0.2) is 25.5 Å². The third-order valence-corrected chi connectivity index (χ3v) is 7.03. The van der Waals surface area contributed by atoms with Crippen LogP contribution < -0.4 is 10.1 Å². The minimum atomic E-state index is -3.83. The summed E-state index contributed by atoms with van der Waals surface area (Å²) in [7, 11) is -3.83. The highest BCUT2D eigenvalue weighted by molar-refractivity contribution is 7.89. The van der Waals surface area contributed by atoms with Crippen molar-refractivity contribution >= 4 is 33.0 Å². The number of carbonyl (C=O) groups is 1. The molecule has 1 heterocycles. The first kappa shape index (κ1) is 23.4. The van der Waals surface area contributed by atoms with Crippen molar-refractivity contribution in [3.8, 4) is 0 Å². The Balaban J connectivity index is 1.50. The lowest BCUT2D eigenvalue weighted by Gasteiger charge is -2.18. The number of nitrogens with one attached hydrogen (secondary N) is 3. The van der Waals surface area contributed by atoms with Gasteiger partial charge in [0.05, 0.1) is 17.2 Å². The zero-order valence-corrected chi connectivity index (χ0v) is 19.8. The first-order chi connectivity index (χ1) is 16.3. The fraction of sp³-hybridized carbons (Fsp3) is 0.154. The smallest absolute Gasteiger partial charge is 0.242 e. The first-order valence-corrected chi connectivity index (χ1v) is 12.3. The van der Waals surface area contributed by atoms with Gasteiger partial charge in [-0.15, -0.1) is 0 Å². The highest BCUT2D eigenvalue weighted by Gasteiger charge is 2.23. The summed E-state index contributed by atoms with van der Waals surface area (Å²) < 4.78 is 28.6. The van der Waals surface area contributed by atoms with Crippen LogP contribution in [0.4, 0.5) is 0 Å². The number of sulfonamides is 1. The van der Waals surface area contributed by atoms with E-state index in [4.69, 9.17) is 0 Å². The third kappa shape index (κ3) is 5.41. The summed E-state index contributed by atoms with van der Waals surface area (Å²) in [6.07, 6.45) is 1.49. The summed E-state index contributed by atoms with van der Waals surface area (Å²) in [6.45, 7) is 3.83. The molecule has 1 aromatic heterocycles. The van der Waals surface area contributed by atoms with Crippen LogP contribution >= 0.6 is 0 Å². The molecule has 0 aliphatic heterocycles. The van der Waals surface area contributed by atoms with Gasteiger partial charge in [-0.05, 0) is 37.6 Å². The number of carbonyl (C=O) groups excluding carboxylic acids is 1. The van der Waals surface area contributed by atoms with Gasteiger partial charge >= 0.3 is 0 Å². The number of aryl methyl sites for hydroxylation is 2. The summed E-state index contributed by atoms with van der Waals surface area (Å²) in [5.41, 5.74) is 6.98. The Kier molecular flexibility index (Phi) is 6.90. The minimum absolute atomic E-state index is 0.112. The van der Waals surface area contributed by atoms with Crippen LogP contribution in [0.3, 0.4) is 0 Å². The van der Waals surface area contributed by atoms with Gasteiger partial charge in [0.25, 0.3) is 0 Å². The van der Waals surface area contributed by atoms with Crippen molar-refractivity contribution in [3.63, 3.8) is 0 Å². The second-order valence-corrected chi connectivity index (χ2v) is 9.82. The standard InChI is InChI=1S/C26H26N4O3S/c1-18-12-14-21(15-13-18)34(32,33)30-25(20-8-4-3-5-9-20)16-26(31)29-27-17-23-19(2)28-24-11-7-6-10-22(23)24/h3-15,17,25,28,30H,16H2,1-2H3,(H,29,31)/b27-17-/t25-/m1/s1. The number of para-hydroxylation sites is 1. The zero-order valence-electron chi connectivity index (χ0n) is 18.9. The molecule has 1 atom stereocenters. The van der Waals surface area contributed by atoms with Gasteiger partial charge in [-0.25, -0.2) is 18.6 Å². The zero-order chi connectivity index (χ0) is 24.1. The quantitative estimate of drug-likeness (QED) is 0.261. The summed E-state index contributed by atoms with van der Waals surface area (Å²) >= 11 is 0. The van der Waals surface area contributed by atoms with E-state index in [-0.39, 0.29) is 11.3 Å². The van der Waals surface area contributed by atoms with Crippen molar-refractivity contribution in [2.45, 2.75) is 31.2 Å². The Morgan fingerprint density at radius 1 is 0.971 bits per heavy atom. The summed E-state index contributed by atoms with van der Waals surface area (Å²) in [4.78, 5) is 16.1. The molecule has 0 spiro atoms. The Hall–Kier alpha value is -3.75. The van der Waals surface area contributed by atoms with E-state index in [0.29, 0.717) is 5.56 Å². The van der Waals surface area contributed by atoms with Gasteiger partial charge < -0.3 is 4.98 Å². The van der Waals surface area contributed by atoms with Gasteiger partial charge in [-0.3, -0.25) is 4.79 Å². The highest BCUT2D eigenvalue weighted by Crippen LogP contribution is 2.22. The van der Waals surface area contributed by atoms with E-state index in [1.54, 1.807) is 54.7 Å². The molecule has 34 heavy (non-hydrogen) atoms. The molecule has 7 nitrogen and oxygen atoms in total. The molecule has 0 fully saturated rings. The topological polar surface area (TPSA) is 103 Å². The Morgan fingerprint density at radius 2 is 1.65 bits per heavy atom. The molecule has 0 unspecified atom stereocenters. The van der Waals surface area contributed by atoms with Crippen LogP contribution in [-0.2, 0) is 14.8 Å². The second kappa shape index (κ2) is 10.0. The Labute approximate surface area is 199 Å². The predicted octanol–water partition coefficient (Wildman–Crippen LogP) is 4.34. The van der Waals surface area contributed by atoms with E-state index >= 15 is 0 Å². The lowest BCUT2D eigenvalue weighted by molar-refractivity contribution is -0.121. The molecular formula is C26H26N4O3S. The molecule has 0 saturated carbocycles. The number of rotatable bonds is 8. The Bertz CT molecular complexity index is 1430. The molecule has 0 radical (unpaired) electrons. The summed E-state index contributed by atoms with van der Waals surface area (Å²) in [5, 5.41) is 5.12. The third-order valence-electron chi connectivity index (χ3n) is 5.55. The largest absolute Gasteiger partial charge is 0.358 e. The van der Waals surface area contributed by atoms with E-state index in [0.717, 1.165) is 27.7 Å². The SMILES string of the molecule is Cc1ccc(S(=O)(=O)N[C@H](CC(=O)N/N=C\c2c(C)[nH]c3ccccc23)c2ccccc2)cc1. The predicted molar refractivity (Wildman–Crippen MR) is 134 cm³/mol. The van der Waals surface area contributed by atoms with Crippen LogP contribution in [0.5, 0.6) is 0 Å². The van der Waals surface area contributed by atoms with E-state index in [1.165, 1.54) is 0 Å². The van der Waals surface area contributed by atoms with Crippen molar-refractivity contribution in [3.05, 3.63) is 101 Å². The van der Waals surface area contributed by atoms with E-state index < -0.39 is 22.0 Å². The summed E-state index contributed by atoms with van der Waals surface area (Å²) in [6, 6.07) is 22.7. The Morgan fingerprint density at radius 3 is 2.38 bits per heavy atom. The van der Waals surface area contributed by atoms with Gasteiger partial charge in [0, 0.05) is 28.6 Å². The number of hydrogen-bond donors (Lipinski definition) is 3. The molecule has 0 bridgehead atoms. The molecule has 4 rings (SSSR count). The summed E-state index contributed by atoms with van der Waals surface area (Å²) in [5.74, 6) is -0.408. The molecule has 3 aromatic carbocycles. The maximum Gasteiger partial charge on any atom is 0.242 e. The number of hydrogen-bond acceptors (Lipinski definition) is 4. The number of fused-ring (bicyclic) bond motifs is 1. The number of amides is 1. The number of aromatic amines is 1. The molecule has 174 valence electrons. The average Bonchev–Trinajstić information content (AvgIpc) is 3.14. The fourth-order valence-electron chi connectivity index (χ4n) is 3.75. The van der Waals surface area contributed by atoms with E-state index in [2.05, 4.69) is 20.2 Å². The molecule has 0 aliphatic rings. The van der Waals surface area contributed by atoms with Crippen LogP contribution in [0.1, 0.15) is 34.8 Å². The maximum absolute atomic E-state index is 13.0. The number of benzene rings is 3. The average molecular weight is 475 g/mol. The van der Waals surface area contributed by atoms with Crippen molar-refractivity contribution in [1.82, 2.24) is 15.1 Å². The lowest BCUT2D eigenvalue weighted by Crippen LogP contribution is -2.32. The van der Waals surface area contributed by atoms with Crippen LogP contribution in [0, 0.1) is 13.8 Å². The molecule has 3 N–H and O–H groups in total. The van der Waals surface area contributed by atoms with Gasteiger partial charge in [-0.2, -0.15) is 5.10 Å². The number of H-pyrrole nitrogens is 1. The normalized spacial score (nSPS) is 12.8. The fourth-order valence-corrected chi connectivity index (χ4v) is 4.97. The molecular weight excluding hydrogens is 448 g/mol. The van der Waals surface area contributed by atoms with Crippen molar-refractivity contribution in [1.29, 1.82) is 0 Å². The van der Waals surface area contributed by atoms with Crippen LogP contribution in [0.25, 0.3) is 10.9 Å². The van der Waals surface area contributed by atoms with Gasteiger partial charge in [0.2, 0.25) is 15.9 Å². The second-order valence-electron chi connectivity index (χ2n) is 8.10. The maximum atomic E-state index is 13.0. The van der Waals surface area contributed by atoms with Gasteiger partial charge in [0.1, 0.15) is 0 Å². The number of aromatic nitrogens is 1. The van der Waals surface area contributed by atoms with Crippen LogP contribution in [0.15, 0.2) is 88.9 Å². The van der Waals surface area contributed by atoms with E-state index in [1.807, 2.05) is 44.2 Å². The molecule has 1 amide bonds. The molecule has 0 saturated heterocycles. The number of hydrazone groups is 1. The monoisotopic (exact) mass is 474 g/mol. The van der Waals surface area contributed by atoms with Gasteiger partial charge in [-0.1, -0.05) is 66.2 Å². The van der Waals surface area contributed by atoms with Crippen LogP contribution in [0.2, 0.25) is 0 Å². The molecule has 0 aliphatic carbocycles. The van der Waals surface area contributed by atoms with Gasteiger partial charge in [0.15, 0.2) is 0 Å². The lowest BCUT2D eigenvalue weighted by atomic mass is 10.0. The van der Waals surface area contributed by atoms with Crippen molar-refractivity contribution < 1.29 is 13.2 Å². The molecule has 8 heteroatoms. The number of nitrogens with zero attached hydrogens (tertiary/aromatic N) is 1. The minimum Gasteiger partial charge on any atom is -0.358 e. The highest BCUT2D eigenvalue weighted by atomic mass is 32.2. The first-order valence-electron chi connectivity index (χ1n) is 10.9.